The molecule has 2 atom stereocenters. The summed E-state index contributed by atoms with van der Waals surface area (Å²) in [6.07, 6.45) is 5.21. The van der Waals surface area contributed by atoms with E-state index in [1.807, 2.05) is 33.8 Å². The molecule has 4 heteroatoms. The quantitative estimate of drug-likeness (QED) is 0.168. The standard InChI is InChI=1S/C12H25NO.C7H15NO.C5H10/c1-8(2)11-7-12(9(3)4)14-13(11)10(5)6;1-6(2)5-8(9)7(3)4;1-4-5(2)3/h8-12H,7H2,1-6H3;5-7H,1-4H3;4-5H,1H2,2-3H3/b;8-5-;. The molecule has 0 N–H and O–H groups in total. The highest BCUT2D eigenvalue weighted by Crippen LogP contribution is 2.31. The highest BCUT2D eigenvalue weighted by Gasteiger charge is 2.37. The van der Waals surface area contributed by atoms with Crippen LogP contribution in [0.5, 0.6) is 0 Å². The van der Waals surface area contributed by atoms with Gasteiger partial charge in [0.15, 0.2) is 12.3 Å². The Labute approximate surface area is 176 Å². The number of hydroxylamine groups is 3. The SMILES string of the molecule is C=CC(C)C.CC(C)/C=[N+](\[O-])C(C)C.CC(C)C1CC(C(C)C)N(C(C)C)O1. The van der Waals surface area contributed by atoms with Crippen LogP contribution in [0.15, 0.2) is 12.7 Å². The predicted octanol–water partition coefficient (Wildman–Crippen LogP) is 6.54. The van der Waals surface area contributed by atoms with Crippen molar-refractivity contribution in [1.82, 2.24) is 5.06 Å². The van der Waals surface area contributed by atoms with Gasteiger partial charge < -0.3 is 5.21 Å². The molecular formula is C24H50N2O2. The fourth-order valence-electron chi connectivity index (χ4n) is 2.55. The lowest BCUT2D eigenvalue weighted by Gasteiger charge is -2.28. The van der Waals surface area contributed by atoms with Gasteiger partial charge in [-0.25, -0.2) is 4.74 Å². The van der Waals surface area contributed by atoms with E-state index in [0.29, 0.717) is 41.9 Å². The van der Waals surface area contributed by atoms with Crippen LogP contribution < -0.4 is 0 Å². The first kappa shape index (κ1) is 29.3. The van der Waals surface area contributed by atoms with Gasteiger partial charge in [-0.15, -0.1) is 6.58 Å². The van der Waals surface area contributed by atoms with Gasteiger partial charge in [0, 0.05) is 18.0 Å². The Balaban J connectivity index is 0. The molecule has 0 saturated carbocycles. The number of hydrogen-bond acceptors (Lipinski definition) is 3. The summed E-state index contributed by atoms with van der Waals surface area (Å²) in [6, 6.07) is 1.17. The molecule has 1 aliphatic rings. The van der Waals surface area contributed by atoms with Crippen LogP contribution in [0.3, 0.4) is 0 Å². The molecule has 4 nitrogen and oxygen atoms in total. The number of hydrogen-bond donors (Lipinski definition) is 0. The number of rotatable bonds is 6. The molecule has 1 aliphatic heterocycles. The van der Waals surface area contributed by atoms with Crippen molar-refractivity contribution in [2.45, 2.75) is 114 Å². The Morgan fingerprint density at radius 1 is 0.893 bits per heavy atom. The topological polar surface area (TPSA) is 38.5 Å². The minimum atomic E-state index is 0.0763. The molecule has 0 amide bonds. The predicted molar refractivity (Wildman–Crippen MR) is 125 cm³/mol. The zero-order chi connectivity index (χ0) is 22.6. The molecule has 1 saturated heterocycles. The van der Waals surface area contributed by atoms with Crippen molar-refractivity contribution in [3.8, 4) is 0 Å². The van der Waals surface area contributed by atoms with Gasteiger partial charge in [0.05, 0.1) is 6.10 Å². The fourth-order valence-corrected chi connectivity index (χ4v) is 2.55. The maximum atomic E-state index is 10.8. The average Bonchev–Trinajstić information content (AvgIpc) is 3.01. The van der Waals surface area contributed by atoms with Crippen LogP contribution in [0.1, 0.15) is 89.5 Å². The van der Waals surface area contributed by atoms with Crippen molar-refractivity contribution in [3.05, 3.63) is 17.9 Å². The zero-order valence-corrected chi connectivity index (χ0v) is 20.9. The maximum absolute atomic E-state index is 10.8. The summed E-state index contributed by atoms with van der Waals surface area (Å²) in [6.45, 7) is 29.0. The van der Waals surface area contributed by atoms with Gasteiger partial charge in [-0.1, -0.05) is 61.5 Å². The van der Waals surface area contributed by atoms with E-state index in [4.69, 9.17) is 4.84 Å². The van der Waals surface area contributed by atoms with E-state index in [2.05, 4.69) is 67.0 Å². The summed E-state index contributed by atoms with van der Waals surface area (Å²) in [7, 11) is 0. The second kappa shape index (κ2) is 15.0. The lowest BCUT2D eigenvalue weighted by Crippen LogP contribution is -2.37. The molecule has 0 radical (unpaired) electrons. The Hall–Kier alpha value is -0.870. The van der Waals surface area contributed by atoms with E-state index < -0.39 is 0 Å². The normalized spacial score (nSPS) is 20.7. The number of nitrogens with zero attached hydrogens (tertiary/aromatic N) is 2. The molecule has 0 aromatic carbocycles. The Bertz CT molecular complexity index is 410. The lowest BCUT2D eigenvalue weighted by molar-refractivity contribution is -0.489. The summed E-state index contributed by atoms with van der Waals surface area (Å²) in [4.78, 5) is 5.99. The Morgan fingerprint density at radius 2 is 1.36 bits per heavy atom. The van der Waals surface area contributed by atoms with E-state index in [1.54, 1.807) is 6.21 Å². The average molecular weight is 399 g/mol. The van der Waals surface area contributed by atoms with E-state index >= 15 is 0 Å². The Morgan fingerprint density at radius 3 is 1.54 bits per heavy atom. The monoisotopic (exact) mass is 398 g/mol. The maximum Gasteiger partial charge on any atom is 0.157 e. The second-order valence-electron chi connectivity index (χ2n) is 9.72. The lowest BCUT2D eigenvalue weighted by atomic mass is 9.94. The molecule has 0 bridgehead atoms. The third-order valence-corrected chi connectivity index (χ3v) is 4.51. The first-order valence-corrected chi connectivity index (χ1v) is 11.1. The molecular weight excluding hydrogens is 348 g/mol. The number of allylic oxidation sites excluding steroid dienone is 1. The van der Waals surface area contributed by atoms with Gasteiger partial charge in [0.25, 0.3) is 0 Å². The third-order valence-electron chi connectivity index (χ3n) is 4.51. The summed E-state index contributed by atoms with van der Waals surface area (Å²) < 4.78 is 0.991. The van der Waals surface area contributed by atoms with Crippen LogP contribution in [0, 0.1) is 28.9 Å². The largest absolute Gasteiger partial charge is 0.624 e. The third kappa shape index (κ3) is 13.3. The van der Waals surface area contributed by atoms with Crippen molar-refractivity contribution in [1.29, 1.82) is 0 Å². The summed E-state index contributed by atoms with van der Waals surface area (Å²) >= 11 is 0. The smallest absolute Gasteiger partial charge is 0.157 e. The molecule has 0 aromatic heterocycles. The van der Waals surface area contributed by atoms with Crippen molar-refractivity contribution < 1.29 is 9.58 Å². The van der Waals surface area contributed by atoms with Gasteiger partial charge in [0.2, 0.25) is 0 Å². The van der Waals surface area contributed by atoms with Crippen LogP contribution in [-0.4, -0.2) is 40.2 Å². The molecule has 1 fully saturated rings. The molecule has 2 unspecified atom stereocenters. The van der Waals surface area contributed by atoms with E-state index in [9.17, 15) is 5.21 Å². The van der Waals surface area contributed by atoms with E-state index in [-0.39, 0.29) is 6.04 Å². The van der Waals surface area contributed by atoms with E-state index in [1.165, 1.54) is 6.42 Å². The van der Waals surface area contributed by atoms with Crippen LogP contribution in [-0.2, 0) is 4.84 Å². The molecule has 0 aliphatic carbocycles. The molecule has 0 spiro atoms. The molecule has 1 rings (SSSR count). The van der Waals surface area contributed by atoms with Gasteiger partial charge in [0.1, 0.15) is 0 Å². The highest BCUT2D eigenvalue weighted by molar-refractivity contribution is 5.53. The van der Waals surface area contributed by atoms with Gasteiger partial charge in [-0.3, -0.25) is 4.84 Å². The van der Waals surface area contributed by atoms with Crippen LogP contribution >= 0.6 is 0 Å². The van der Waals surface area contributed by atoms with Crippen molar-refractivity contribution >= 4 is 6.21 Å². The minimum absolute atomic E-state index is 0.0763. The van der Waals surface area contributed by atoms with E-state index in [0.717, 1.165) is 4.74 Å². The van der Waals surface area contributed by atoms with Crippen LogP contribution in [0.4, 0.5) is 0 Å². The molecule has 168 valence electrons. The molecule has 1 heterocycles. The van der Waals surface area contributed by atoms with Crippen molar-refractivity contribution in [2.75, 3.05) is 0 Å². The van der Waals surface area contributed by atoms with Crippen molar-refractivity contribution in [3.63, 3.8) is 0 Å². The van der Waals surface area contributed by atoms with Crippen LogP contribution in [0.25, 0.3) is 0 Å². The minimum Gasteiger partial charge on any atom is -0.624 e. The second-order valence-corrected chi connectivity index (χ2v) is 9.72. The summed E-state index contributed by atoms with van der Waals surface area (Å²) in [5, 5.41) is 13.0. The molecule has 28 heavy (non-hydrogen) atoms. The molecule has 0 aromatic rings. The first-order chi connectivity index (χ1) is 12.7. The van der Waals surface area contributed by atoms with Gasteiger partial charge >= 0.3 is 0 Å². The summed E-state index contributed by atoms with van der Waals surface area (Å²) in [5.74, 6) is 2.31. The van der Waals surface area contributed by atoms with Crippen LogP contribution in [0.2, 0.25) is 0 Å². The first-order valence-electron chi connectivity index (χ1n) is 11.1. The summed E-state index contributed by atoms with van der Waals surface area (Å²) in [5.41, 5.74) is 0. The van der Waals surface area contributed by atoms with Gasteiger partial charge in [-0.05, 0) is 51.9 Å². The highest BCUT2D eigenvalue weighted by atomic mass is 16.7. The van der Waals surface area contributed by atoms with Gasteiger partial charge in [-0.2, -0.15) is 5.06 Å². The fraction of sp³-hybridized carbons (Fsp3) is 0.875. The Kier molecular flexibility index (Phi) is 15.7. The van der Waals surface area contributed by atoms with Crippen molar-refractivity contribution in [2.24, 2.45) is 23.7 Å². The zero-order valence-electron chi connectivity index (χ0n) is 20.9.